The van der Waals surface area contributed by atoms with Gasteiger partial charge in [-0.15, -0.1) is 0 Å². The van der Waals surface area contributed by atoms with E-state index in [1.807, 2.05) is 23.8 Å². The lowest BCUT2D eigenvalue weighted by Crippen LogP contribution is -2.35. The maximum atomic E-state index is 13.2. The molecule has 118 valence electrons. The zero-order valence-electron chi connectivity index (χ0n) is 12.3. The van der Waals surface area contributed by atoms with Gasteiger partial charge in [0.15, 0.2) is 0 Å². The molecule has 1 aliphatic heterocycles. The number of carbonyl (C=O) groups excluding carboxylic acids is 1. The summed E-state index contributed by atoms with van der Waals surface area (Å²) >= 11 is 3.40. The van der Waals surface area contributed by atoms with Crippen LogP contribution >= 0.6 is 15.9 Å². The lowest BCUT2D eigenvalue weighted by atomic mass is 10.3. The molecule has 0 radical (unpaired) electrons. The van der Waals surface area contributed by atoms with Crippen molar-refractivity contribution in [3.63, 3.8) is 0 Å². The highest BCUT2D eigenvalue weighted by Gasteiger charge is 2.26. The normalized spacial score (nSPS) is 18.3. The molecule has 2 aromatic rings. The number of rotatable bonds is 3. The van der Waals surface area contributed by atoms with Gasteiger partial charge in [0.1, 0.15) is 12.7 Å². The summed E-state index contributed by atoms with van der Waals surface area (Å²) in [4.78, 5) is 26.2. The summed E-state index contributed by atoms with van der Waals surface area (Å²) in [6, 6.07) is 1.83. The summed E-state index contributed by atoms with van der Waals surface area (Å²) in [5.74, 6) is -0.215. The predicted octanol–water partition coefficient (Wildman–Crippen LogP) is 2.16. The van der Waals surface area contributed by atoms with Crippen LogP contribution in [0.4, 0.5) is 4.39 Å². The molecule has 3 rings (SSSR count). The number of hydrogen-bond donors (Lipinski definition) is 0. The number of pyridine rings is 1. The van der Waals surface area contributed by atoms with Crippen LogP contribution in [0.5, 0.6) is 0 Å². The quantitative estimate of drug-likeness (QED) is 0.832. The number of aryl methyl sites for hydroxylation is 1. The van der Waals surface area contributed by atoms with Crippen LogP contribution in [0.3, 0.4) is 0 Å². The second-order valence-corrected chi connectivity index (χ2v) is 6.35. The Bertz CT molecular complexity index is 783. The van der Waals surface area contributed by atoms with Gasteiger partial charge >= 0.3 is 0 Å². The molecule has 0 N–H and O–H groups in total. The molecule has 0 spiro atoms. The summed E-state index contributed by atoms with van der Waals surface area (Å²) < 4.78 is 17.3. The average molecular weight is 370 g/mol. The summed E-state index contributed by atoms with van der Waals surface area (Å²) in [5, 5.41) is 0.571. The molecular weight excluding hydrogens is 353 g/mol. The molecule has 0 saturated carbocycles. The first kappa shape index (κ1) is 15.3. The Balaban J connectivity index is 1.92. The lowest BCUT2D eigenvalue weighted by molar-refractivity contribution is -0.131. The van der Waals surface area contributed by atoms with E-state index >= 15 is 0 Å². The number of nitrogens with zero attached hydrogens (tertiary/aromatic N) is 3. The van der Waals surface area contributed by atoms with Crippen molar-refractivity contribution < 1.29 is 9.18 Å². The fourth-order valence-electron chi connectivity index (χ4n) is 2.88. The monoisotopic (exact) mass is 369 g/mol. The van der Waals surface area contributed by atoms with Gasteiger partial charge in [0, 0.05) is 30.0 Å². The zero-order chi connectivity index (χ0) is 15.9. The number of likely N-dealkylation sites (tertiary alicyclic amines) is 1. The zero-order valence-corrected chi connectivity index (χ0v) is 13.8. The summed E-state index contributed by atoms with van der Waals surface area (Å²) in [5.41, 5.74) is 0.633. The van der Waals surface area contributed by atoms with E-state index in [0.717, 1.165) is 16.5 Å². The number of aromatic nitrogens is 2. The highest BCUT2D eigenvalue weighted by atomic mass is 79.9. The van der Waals surface area contributed by atoms with Gasteiger partial charge in [-0.3, -0.25) is 9.59 Å². The van der Waals surface area contributed by atoms with Crippen molar-refractivity contribution in [3.8, 4) is 0 Å². The number of halogens is 2. The Labute approximate surface area is 135 Å². The summed E-state index contributed by atoms with van der Waals surface area (Å²) in [6.45, 7) is 3.27. The van der Waals surface area contributed by atoms with Crippen LogP contribution in [-0.4, -0.2) is 39.2 Å². The smallest absolute Gasteiger partial charge is 0.261 e. The highest BCUT2D eigenvalue weighted by molar-refractivity contribution is 9.10. The molecule has 0 aromatic carbocycles. The van der Waals surface area contributed by atoms with Gasteiger partial charge in [0.05, 0.1) is 17.4 Å². The molecule has 1 aliphatic rings. The van der Waals surface area contributed by atoms with E-state index in [1.165, 1.54) is 9.47 Å². The van der Waals surface area contributed by atoms with Gasteiger partial charge < -0.3 is 14.0 Å². The molecule has 3 heterocycles. The molecule has 5 nitrogen and oxygen atoms in total. The van der Waals surface area contributed by atoms with E-state index in [4.69, 9.17) is 0 Å². The van der Waals surface area contributed by atoms with Crippen LogP contribution in [-0.2, 0) is 17.9 Å². The minimum absolute atomic E-state index is 0.0504. The number of hydrogen-bond acceptors (Lipinski definition) is 2. The third-order valence-corrected chi connectivity index (χ3v) is 4.69. The largest absolute Gasteiger partial charge is 0.346 e. The van der Waals surface area contributed by atoms with Gasteiger partial charge in [-0.25, -0.2) is 4.39 Å². The SMILES string of the molecule is CCn1cc(Br)c2c(=O)n(CC(=O)N3CCC(F)C3)ccc21. The molecule has 1 amide bonds. The van der Waals surface area contributed by atoms with Crippen LogP contribution in [0.25, 0.3) is 10.9 Å². The summed E-state index contributed by atoms with van der Waals surface area (Å²) in [7, 11) is 0. The topological polar surface area (TPSA) is 47.2 Å². The molecular formula is C15H17BrFN3O2. The number of carbonyl (C=O) groups is 1. The number of amides is 1. The molecule has 0 bridgehead atoms. The molecule has 1 unspecified atom stereocenters. The lowest BCUT2D eigenvalue weighted by Gasteiger charge is -2.16. The Hall–Kier alpha value is -1.63. The fraction of sp³-hybridized carbons (Fsp3) is 0.467. The molecule has 1 atom stereocenters. The van der Waals surface area contributed by atoms with E-state index in [-0.39, 0.29) is 24.6 Å². The fourth-order valence-corrected chi connectivity index (χ4v) is 3.50. The van der Waals surface area contributed by atoms with E-state index in [1.54, 1.807) is 6.20 Å². The van der Waals surface area contributed by atoms with E-state index < -0.39 is 6.17 Å². The Kier molecular flexibility index (Phi) is 4.08. The van der Waals surface area contributed by atoms with Crippen molar-refractivity contribution in [2.45, 2.75) is 32.6 Å². The van der Waals surface area contributed by atoms with Crippen molar-refractivity contribution >= 4 is 32.7 Å². The van der Waals surface area contributed by atoms with Crippen molar-refractivity contribution in [3.05, 3.63) is 33.3 Å². The molecule has 0 aliphatic carbocycles. The second-order valence-electron chi connectivity index (χ2n) is 5.50. The first-order valence-electron chi connectivity index (χ1n) is 7.31. The molecule has 1 fully saturated rings. The number of alkyl halides is 1. The Morgan fingerprint density at radius 1 is 1.45 bits per heavy atom. The second kappa shape index (κ2) is 5.87. The van der Waals surface area contributed by atoms with Crippen molar-refractivity contribution in [2.75, 3.05) is 13.1 Å². The third-order valence-electron chi connectivity index (χ3n) is 4.09. The van der Waals surface area contributed by atoms with Gasteiger partial charge in [-0.05, 0) is 35.3 Å². The van der Waals surface area contributed by atoms with Crippen LogP contribution in [0.1, 0.15) is 13.3 Å². The van der Waals surface area contributed by atoms with Crippen LogP contribution in [0.15, 0.2) is 27.7 Å². The van der Waals surface area contributed by atoms with Crippen molar-refractivity contribution in [1.29, 1.82) is 0 Å². The molecule has 1 saturated heterocycles. The minimum Gasteiger partial charge on any atom is -0.346 e. The third kappa shape index (κ3) is 2.58. The molecule has 7 heteroatoms. The van der Waals surface area contributed by atoms with Crippen molar-refractivity contribution in [1.82, 2.24) is 14.0 Å². The first-order valence-corrected chi connectivity index (χ1v) is 8.10. The van der Waals surface area contributed by atoms with Crippen LogP contribution in [0, 0.1) is 0 Å². The first-order chi connectivity index (χ1) is 10.5. The highest BCUT2D eigenvalue weighted by Crippen LogP contribution is 2.23. The van der Waals surface area contributed by atoms with Crippen LogP contribution < -0.4 is 5.56 Å². The Morgan fingerprint density at radius 2 is 2.23 bits per heavy atom. The van der Waals surface area contributed by atoms with E-state index in [0.29, 0.717) is 18.4 Å². The standard InChI is InChI=1S/C15H17BrFN3O2/c1-2-18-8-11(16)14-12(18)4-6-20(15(14)22)9-13(21)19-5-3-10(17)7-19/h4,6,8,10H,2-3,5,7,9H2,1H3. The van der Waals surface area contributed by atoms with Gasteiger partial charge in [-0.2, -0.15) is 0 Å². The maximum absolute atomic E-state index is 13.2. The van der Waals surface area contributed by atoms with E-state index in [2.05, 4.69) is 15.9 Å². The van der Waals surface area contributed by atoms with E-state index in [9.17, 15) is 14.0 Å². The van der Waals surface area contributed by atoms with Gasteiger partial charge in [-0.1, -0.05) is 0 Å². The molecule has 2 aromatic heterocycles. The Morgan fingerprint density at radius 3 is 2.86 bits per heavy atom. The maximum Gasteiger partial charge on any atom is 0.261 e. The van der Waals surface area contributed by atoms with Gasteiger partial charge in [0.2, 0.25) is 5.91 Å². The summed E-state index contributed by atoms with van der Waals surface area (Å²) in [6.07, 6.45) is 2.93. The minimum atomic E-state index is -0.948. The number of fused-ring (bicyclic) bond motifs is 1. The molecule has 22 heavy (non-hydrogen) atoms. The van der Waals surface area contributed by atoms with Crippen LogP contribution in [0.2, 0.25) is 0 Å². The predicted molar refractivity (Wildman–Crippen MR) is 85.7 cm³/mol. The average Bonchev–Trinajstić information content (AvgIpc) is 3.06. The van der Waals surface area contributed by atoms with Gasteiger partial charge in [0.25, 0.3) is 5.56 Å². The van der Waals surface area contributed by atoms with Crippen molar-refractivity contribution in [2.24, 2.45) is 0 Å².